The van der Waals surface area contributed by atoms with Crippen LogP contribution in [0.2, 0.25) is 0 Å². The summed E-state index contributed by atoms with van der Waals surface area (Å²) in [5.41, 5.74) is 0. The summed E-state index contributed by atoms with van der Waals surface area (Å²) in [5, 5.41) is 21.3. The number of piperazine rings is 1. The zero-order chi connectivity index (χ0) is 18.2. The molecule has 1 aromatic heterocycles. The van der Waals surface area contributed by atoms with Gasteiger partial charge in [0.05, 0.1) is 18.2 Å². The number of hydrogen-bond donors (Lipinski definition) is 0. The lowest BCUT2D eigenvalue weighted by Crippen LogP contribution is -2.48. The number of nitrogens with zero attached hydrogens (tertiary/aromatic N) is 7. The van der Waals surface area contributed by atoms with Crippen LogP contribution in [0, 0.1) is 29.6 Å². The lowest BCUT2D eigenvalue weighted by atomic mass is 10.2. The molecule has 1 fully saturated rings. The van der Waals surface area contributed by atoms with Gasteiger partial charge in [-0.25, -0.2) is 0 Å². The van der Waals surface area contributed by atoms with Gasteiger partial charge in [-0.3, -0.25) is 9.69 Å². The molecule has 9 nitrogen and oxygen atoms in total. The second-order valence-corrected chi connectivity index (χ2v) is 6.05. The molecule has 1 atom stereocenters. The Morgan fingerprint density at radius 3 is 2.44 bits per heavy atom. The van der Waals surface area contributed by atoms with Crippen molar-refractivity contribution in [3.63, 3.8) is 0 Å². The second kappa shape index (κ2) is 9.11. The Kier molecular flexibility index (Phi) is 6.87. The molecule has 0 radical (unpaired) electrons. The maximum atomic E-state index is 12.1. The van der Waals surface area contributed by atoms with Crippen LogP contribution >= 0.6 is 0 Å². The number of nitriles is 2. The van der Waals surface area contributed by atoms with E-state index >= 15 is 0 Å². The third-order valence-corrected chi connectivity index (χ3v) is 4.37. The minimum absolute atomic E-state index is 0.0404. The summed E-state index contributed by atoms with van der Waals surface area (Å²) < 4.78 is 5.24. The first-order chi connectivity index (χ1) is 12.0. The second-order valence-electron chi connectivity index (χ2n) is 6.05. The lowest BCUT2D eigenvalue weighted by molar-refractivity contribution is -0.130. The average Bonchev–Trinajstić information content (AvgIpc) is 3.05. The van der Waals surface area contributed by atoms with Crippen LogP contribution in [-0.4, -0.2) is 76.6 Å². The number of rotatable bonds is 7. The Morgan fingerprint density at radius 1 is 1.28 bits per heavy atom. The molecule has 1 aliphatic heterocycles. The van der Waals surface area contributed by atoms with E-state index in [2.05, 4.69) is 19.9 Å². The molecule has 134 valence electrons. The van der Waals surface area contributed by atoms with Gasteiger partial charge in [0.1, 0.15) is 13.1 Å². The molecule has 1 saturated heterocycles. The van der Waals surface area contributed by atoms with Crippen molar-refractivity contribution < 1.29 is 9.32 Å². The molecule has 2 heterocycles. The smallest absolute Gasteiger partial charge is 0.243 e. The summed E-state index contributed by atoms with van der Waals surface area (Å²) >= 11 is 0. The number of carbonyl (C=O) groups is 1. The zero-order valence-electron chi connectivity index (χ0n) is 14.7. The molecular formula is C16H23N7O2. The number of hydrogen-bond acceptors (Lipinski definition) is 8. The number of amides is 1. The molecule has 1 aromatic rings. The highest BCUT2D eigenvalue weighted by molar-refractivity contribution is 5.76. The standard InChI is InChI=1S/C16H23N7O2/c1-13(16-19-14(2)20-25-16)22-11-9-21(10-12-22)6-3-15(24)23(7-4-17)8-5-18/h13H,3,6-12H2,1-2H3. The lowest BCUT2D eigenvalue weighted by Gasteiger charge is -2.36. The third-order valence-electron chi connectivity index (χ3n) is 4.37. The van der Waals surface area contributed by atoms with Crippen LogP contribution in [0.4, 0.5) is 0 Å². The fourth-order valence-corrected chi connectivity index (χ4v) is 2.83. The quantitative estimate of drug-likeness (QED) is 0.649. The van der Waals surface area contributed by atoms with Gasteiger partial charge in [0.2, 0.25) is 11.8 Å². The highest BCUT2D eigenvalue weighted by atomic mass is 16.5. The topological polar surface area (TPSA) is 113 Å². The van der Waals surface area contributed by atoms with Crippen LogP contribution in [0.25, 0.3) is 0 Å². The van der Waals surface area contributed by atoms with E-state index in [4.69, 9.17) is 15.0 Å². The Labute approximate surface area is 147 Å². The minimum Gasteiger partial charge on any atom is -0.338 e. The van der Waals surface area contributed by atoms with Crippen LogP contribution in [-0.2, 0) is 4.79 Å². The molecule has 0 bridgehead atoms. The number of aromatic nitrogens is 2. The zero-order valence-corrected chi connectivity index (χ0v) is 14.7. The van der Waals surface area contributed by atoms with Gasteiger partial charge in [-0.2, -0.15) is 15.5 Å². The first kappa shape index (κ1) is 18.8. The van der Waals surface area contributed by atoms with Crippen molar-refractivity contribution in [2.75, 3.05) is 45.8 Å². The first-order valence-electron chi connectivity index (χ1n) is 8.33. The van der Waals surface area contributed by atoms with E-state index in [1.54, 1.807) is 6.92 Å². The highest BCUT2D eigenvalue weighted by Crippen LogP contribution is 2.20. The molecule has 0 aromatic carbocycles. The molecule has 0 N–H and O–H groups in total. The van der Waals surface area contributed by atoms with Gasteiger partial charge < -0.3 is 14.3 Å². The number of aryl methyl sites for hydroxylation is 1. The van der Waals surface area contributed by atoms with Gasteiger partial charge in [-0.05, 0) is 13.8 Å². The van der Waals surface area contributed by atoms with Crippen molar-refractivity contribution in [3.05, 3.63) is 11.7 Å². The van der Waals surface area contributed by atoms with Crippen molar-refractivity contribution in [2.24, 2.45) is 0 Å². The van der Waals surface area contributed by atoms with Gasteiger partial charge in [0.25, 0.3) is 0 Å². The molecular weight excluding hydrogens is 322 g/mol. The van der Waals surface area contributed by atoms with Crippen LogP contribution in [0.1, 0.15) is 31.1 Å². The minimum atomic E-state index is -0.153. The van der Waals surface area contributed by atoms with E-state index in [-0.39, 0.29) is 25.0 Å². The first-order valence-corrected chi connectivity index (χ1v) is 8.33. The molecule has 25 heavy (non-hydrogen) atoms. The van der Waals surface area contributed by atoms with Gasteiger partial charge in [0, 0.05) is 39.1 Å². The Balaban J connectivity index is 1.76. The summed E-state index contributed by atoms with van der Waals surface area (Å²) in [6.45, 7) is 7.82. The summed E-state index contributed by atoms with van der Waals surface area (Å²) in [6.07, 6.45) is 0.321. The maximum Gasteiger partial charge on any atom is 0.243 e. The van der Waals surface area contributed by atoms with E-state index in [0.29, 0.717) is 24.7 Å². The Bertz CT molecular complexity index is 636. The molecule has 0 spiro atoms. The average molecular weight is 345 g/mol. The predicted molar refractivity (Wildman–Crippen MR) is 87.9 cm³/mol. The summed E-state index contributed by atoms with van der Waals surface area (Å²) in [7, 11) is 0. The van der Waals surface area contributed by atoms with Crippen molar-refractivity contribution in [3.8, 4) is 12.1 Å². The molecule has 0 aliphatic carbocycles. The molecule has 0 saturated carbocycles. The van der Waals surface area contributed by atoms with Gasteiger partial charge in [-0.15, -0.1) is 0 Å². The fourth-order valence-electron chi connectivity index (χ4n) is 2.83. The SMILES string of the molecule is Cc1noc(C(C)N2CCN(CCC(=O)N(CC#N)CC#N)CC2)n1. The van der Waals surface area contributed by atoms with E-state index in [1.165, 1.54) is 4.90 Å². The van der Waals surface area contributed by atoms with Crippen LogP contribution in [0.5, 0.6) is 0 Å². The van der Waals surface area contributed by atoms with Crippen molar-refractivity contribution >= 4 is 5.91 Å². The monoisotopic (exact) mass is 345 g/mol. The van der Waals surface area contributed by atoms with Crippen molar-refractivity contribution in [1.82, 2.24) is 24.8 Å². The molecule has 2 rings (SSSR count). The van der Waals surface area contributed by atoms with Crippen molar-refractivity contribution in [2.45, 2.75) is 26.3 Å². The van der Waals surface area contributed by atoms with Gasteiger partial charge in [0.15, 0.2) is 5.82 Å². The molecule has 1 unspecified atom stereocenters. The third kappa shape index (κ3) is 5.24. The van der Waals surface area contributed by atoms with Gasteiger partial charge in [-0.1, -0.05) is 5.16 Å². The van der Waals surface area contributed by atoms with E-state index in [1.807, 2.05) is 19.1 Å². The molecule has 1 aliphatic rings. The Hall–Kier alpha value is -2.49. The number of carbonyl (C=O) groups excluding carboxylic acids is 1. The van der Waals surface area contributed by atoms with E-state index in [9.17, 15) is 4.79 Å². The van der Waals surface area contributed by atoms with Crippen molar-refractivity contribution in [1.29, 1.82) is 10.5 Å². The summed E-state index contributed by atoms with van der Waals surface area (Å²) in [4.78, 5) is 22.2. The van der Waals surface area contributed by atoms with Gasteiger partial charge >= 0.3 is 0 Å². The Morgan fingerprint density at radius 2 is 1.92 bits per heavy atom. The molecule has 1 amide bonds. The summed E-state index contributed by atoms with van der Waals surface area (Å²) in [6, 6.07) is 3.92. The van der Waals surface area contributed by atoms with E-state index < -0.39 is 0 Å². The molecule has 9 heteroatoms. The fraction of sp³-hybridized carbons (Fsp3) is 0.688. The normalized spacial score (nSPS) is 16.8. The largest absolute Gasteiger partial charge is 0.338 e. The summed E-state index contributed by atoms with van der Waals surface area (Å²) in [5.74, 6) is 1.11. The highest BCUT2D eigenvalue weighted by Gasteiger charge is 2.25. The van der Waals surface area contributed by atoms with E-state index in [0.717, 1.165) is 26.2 Å². The van der Waals surface area contributed by atoms with Crippen LogP contribution in [0.15, 0.2) is 4.52 Å². The van der Waals surface area contributed by atoms with Crippen LogP contribution in [0.3, 0.4) is 0 Å². The van der Waals surface area contributed by atoms with Crippen LogP contribution < -0.4 is 0 Å². The maximum absolute atomic E-state index is 12.1. The predicted octanol–water partition coefficient (Wildman–Crippen LogP) is 0.322.